The molecule has 0 amide bonds. The van der Waals surface area contributed by atoms with Gasteiger partial charge in [0.1, 0.15) is 6.10 Å². The largest absolute Gasteiger partial charge is 0.462 e. The normalized spacial score (nSPS) is 39.9. The molecule has 0 saturated carbocycles. The molecule has 61 heavy (non-hydrogen) atoms. The Morgan fingerprint density at radius 2 is 1.51 bits per heavy atom. The van der Waals surface area contributed by atoms with E-state index in [1.54, 1.807) is 6.08 Å². The highest BCUT2D eigenvalue weighted by atomic mass is 16.7. The van der Waals surface area contributed by atoms with E-state index in [-0.39, 0.29) is 90.6 Å². The van der Waals surface area contributed by atoms with Crippen molar-refractivity contribution in [3.8, 4) is 0 Å². The lowest BCUT2D eigenvalue weighted by molar-refractivity contribution is -0.293. The molecule has 0 bridgehead atoms. The Balaban J connectivity index is 0.00000631. The van der Waals surface area contributed by atoms with Gasteiger partial charge in [0, 0.05) is 42.2 Å². The van der Waals surface area contributed by atoms with Gasteiger partial charge in [-0.3, -0.25) is 9.59 Å². The van der Waals surface area contributed by atoms with Crippen molar-refractivity contribution in [1.29, 1.82) is 0 Å². The predicted molar refractivity (Wildman–Crippen MR) is 244 cm³/mol. The van der Waals surface area contributed by atoms with Gasteiger partial charge in [-0.15, -0.1) is 0 Å². The summed E-state index contributed by atoms with van der Waals surface area (Å²) in [4.78, 5) is 30.2. The molecule has 3 heterocycles. The highest BCUT2D eigenvalue weighted by Gasteiger charge is 2.47. The number of hydrogen-bond acceptors (Lipinski definition) is 11. The average Bonchev–Trinajstić information content (AvgIpc) is 3.23. The molecule has 2 saturated heterocycles. The van der Waals surface area contributed by atoms with Crippen molar-refractivity contribution in [2.24, 2.45) is 41.4 Å². The van der Waals surface area contributed by atoms with Gasteiger partial charge in [0.05, 0.1) is 56.3 Å². The fourth-order valence-electron chi connectivity index (χ4n) is 9.16. The number of esters is 1. The lowest BCUT2D eigenvalue weighted by Gasteiger charge is -2.49. The van der Waals surface area contributed by atoms with Crippen molar-refractivity contribution >= 4 is 11.8 Å². The summed E-state index contributed by atoms with van der Waals surface area (Å²) in [7, 11) is 4.17. The van der Waals surface area contributed by atoms with Crippen LogP contribution in [-0.2, 0) is 42.7 Å². The van der Waals surface area contributed by atoms with Crippen LogP contribution in [0.2, 0.25) is 0 Å². The first-order valence-corrected chi connectivity index (χ1v) is 23.9. The first-order chi connectivity index (χ1) is 29.0. The minimum Gasteiger partial charge on any atom is -0.462 e. The van der Waals surface area contributed by atoms with Crippen LogP contribution in [0.15, 0.2) is 36.0 Å². The number of allylic oxidation sites excluding steroid dienone is 4. The smallest absolute Gasteiger partial charge is 0.308 e. The molecule has 0 aromatic rings. The maximum atomic E-state index is 14.2. The summed E-state index contributed by atoms with van der Waals surface area (Å²) < 4.78 is 45.8. The number of aliphatic hydroxyl groups is 1. The second-order valence-corrected chi connectivity index (χ2v) is 18.1. The van der Waals surface area contributed by atoms with Crippen molar-refractivity contribution in [2.75, 3.05) is 33.9 Å². The van der Waals surface area contributed by atoms with Gasteiger partial charge in [-0.2, -0.15) is 0 Å². The second kappa shape index (κ2) is 28.1. The van der Waals surface area contributed by atoms with Crippen LogP contribution in [0.5, 0.6) is 0 Å². The van der Waals surface area contributed by atoms with Gasteiger partial charge in [-0.05, 0) is 79.0 Å². The average molecular weight is 864 g/mol. The van der Waals surface area contributed by atoms with E-state index in [4.69, 9.17) is 33.2 Å². The number of carbonyl (C=O) groups is 2. The molecular formula is C50H89NO10. The third-order valence-corrected chi connectivity index (χ3v) is 13.3. The Labute approximate surface area is 371 Å². The summed E-state index contributed by atoms with van der Waals surface area (Å²) in [6, 6.07) is 0.0509. The number of ketones is 1. The monoisotopic (exact) mass is 864 g/mol. The van der Waals surface area contributed by atoms with Crippen LogP contribution in [0.25, 0.3) is 0 Å². The van der Waals surface area contributed by atoms with E-state index in [1.165, 1.54) is 0 Å². The van der Waals surface area contributed by atoms with Crippen molar-refractivity contribution in [3.05, 3.63) is 36.0 Å². The molecule has 0 radical (unpaired) electrons. The number of ether oxygens (including phenoxy) is 7. The van der Waals surface area contributed by atoms with E-state index < -0.39 is 37.0 Å². The molecule has 11 heteroatoms. The summed E-state index contributed by atoms with van der Waals surface area (Å²) in [6.45, 7) is 29.6. The van der Waals surface area contributed by atoms with E-state index in [0.717, 1.165) is 24.8 Å². The van der Waals surface area contributed by atoms with Gasteiger partial charge in [-0.25, -0.2) is 0 Å². The van der Waals surface area contributed by atoms with Crippen molar-refractivity contribution in [1.82, 2.24) is 4.90 Å². The standard InChI is InChI=1S/C48H83NO10.C2H6/c1-15-19-23-53-41-27-42(51)58-40(18-4)38(28-55-47-32(8)31(7)44(52)35(11)56-47)25-29(5)21-22-39(50)30(6)26-37(17-3)45(33(41)9)59-48-34(10)43(49(13)14)46(36(12)57-48)54-24-20-16-2;1-2/h15,19,21-22,25,30-38,40-41,43-48,52H,16-18,20,23-24,26-28H2,1-14H3;1-2H3/b19-15?,22-21+,29-25+;/t30-,31+,32-,33+,34-,35-,36-,37+,38-,40-,41-,43-,44+,45-,46-,47-,48+;/m1./s1. The molecule has 0 unspecified atom stereocenters. The van der Waals surface area contributed by atoms with Gasteiger partial charge >= 0.3 is 5.97 Å². The SMILES string of the molecule is CC.CC=CCO[C@@H]1CC(=O)O[C@H](CC)[C@@H](CO[C@@H]2O[C@H](C)[C@@H](O)[C@@H](C)[C@H]2C)/C=C(C)/C=C/C(=O)[C@H](C)C[C@H](CC)[C@H](O[C@@H]2O[C@H](C)[C@@H](OCCCC)[C@H](N(C)C)[C@H]2C)[C@H]1C. The third-order valence-electron chi connectivity index (χ3n) is 13.3. The Morgan fingerprint density at radius 3 is 2.11 bits per heavy atom. The summed E-state index contributed by atoms with van der Waals surface area (Å²) >= 11 is 0. The minimum absolute atomic E-state index is 0.0115. The van der Waals surface area contributed by atoms with Crippen LogP contribution in [0.4, 0.5) is 0 Å². The molecule has 3 aliphatic rings. The van der Waals surface area contributed by atoms with Gasteiger partial charge in [0.25, 0.3) is 0 Å². The highest BCUT2D eigenvalue weighted by molar-refractivity contribution is 5.91. The van der Waals surface area contributed by atoms with Gasteiger partial charge in [-0.1, -0.05) is 112 Å². The molecule has 17 atom stereocenters. The summed E-state index contributed by atoms with van der Waals surface area (Å²) in [5.41, 5.74) is 0.870. The number of aliphatic hydroxyl groups excluding tert-OH is 1. The van der Waals surface area contributed by atoms with Crippen molar-refractivity contribution in [3.63, 3.8) is 0 Å². The van der Waals surface area contributed by atoms with Crippen LogP contribution < -0.4 is 0 Å². The Morgan fingerprint density at radius 1 is 0.836 bits per heavy atom. The first kappa shape index (κ1) is 55.2. The fraction of sp³-hybridized carbons (Fsp3) is 0.840. The molecule has 0 aliphatic carbocycles. The molecule has 0 aromatic heterocycles. The number of likely N-dealkylation sites (N-methyl/N-ethyl adjacent to an activating group) is 1. The topological polar surface area (TPSA) is 122 Å². The molecule has 3 rings (SSSR count). The molecule has 0 spiro atoms. The Bertz CT molecular complexity index is 1350. The Kier molecular flexibility index (Phi) is 25.4. The van der Waals surface area contributed by atoms with Gasteiger partial charge in [0.15, 0.2) is 18.4 Å². The van der Waals surface area contributed by atoms with Crippen LogP contribution >= 0.6 is 0 Å². The molecule has 3 aliphatic heterocycles. The molecule has 1 N–H and O–H groups in total. The molecule has 11 nitrogen and oxygen atoms in total. The van der Waals surface area contributed by atoms with Crippen molar-refractivity contribution in [2.45, 2.75) is 197 Å². The molecule has 354 valence electrons. The number of cyclic esters (lactones) is 1. The zero-order chi connectivity index (χ0) is 46.0. The molecular weight excluding hydrogens is 775 g/mol. The van der Waals surface area contributed by atoms with E-state index in [2.05, 4.69) is 53.6 Å². The number of unbranched alkanes of at least 4 members (excludes halogenated alkanes) is 1. The van der Waals surface area contributed by atoms with E-state index >= 15 is 0 Å². The van der Waals surface area contributed by atoms with Crippen LogP contribution in [0, 0.1) is 41.4 Å². The van der Waals surface area contributed by atoms with Crippen LogP contribution in [0.1, 0.15) is 135 Å². The Hall–Kier alpha value is -1.96. The van der Waals surface area contributed by atoms with Gasteiger partial charge in [0.2, 0.25) is 0 Å². The van der Waals surface area contributed by atoms with Gasteiger partial charge < -0.3 is 43.2 Å². The summed E-state index contributed by atoms with van der Waals surface area (Å²) in [5.74, 6) is -1.30. The van der Waals surface area contributed by atoms with E-state index in [9.17, 15) is 14.7 Å². The van der Waals surface area contributed by atoms with Crippen LogP contribution in [0.3, 0.4) is 0 Å². The number of carbonyl (C=O) groups excluding carboxylic acids is 2. The minimum atomic E-state index is -0.577. The van der Waals surface area contributed by atoms with Crippen LogP contribution in [-0.4, -0.2) is 117 Å². The highest BCUT2D eigenvalue weighted by Crippen LogP contribution is 2.38. The zero-order valence-electron chi connectivity index (χ0n) is 41.1. The maximum absolute atomic E-state index is 14.2. The molecule has 0 aromatic carbocycles. The number of hydrogen-bond donors (Lipinski definition) is 1. The lowest BCUT2D eigenvalue weighted by atomic mass is 9.79. The third kappa shape index (κ3) is 16.2. The molecule has 2 fully saturated rings. The summed E-state index contributed by atoms with van der Waals surface area (Å²) in [6.07, 6.45) is 9.61. The zero-order valence-corrected chi connectivity index (χ0v) is 41.1. The van der Waals surface area contributed by atoms with Crippen molar-refractivity contribution < 1.29 is 47.9 Å². The summed E-state index contributed by atoms with van der Waals surface area (Å²) in [5, 5.41) is 10.6. The first-order valence-electron chi connectivity index (χ1n) is 23.9. The number of nitrogens with zero attached hydrogens (tertiary/aromatic N) is 1. The van der Waals surface area contributed by atoms with E-state index in [0.29, 0.717) is 26.1 Å². The van der Waals surface area contributed by atoms with E-state index in [1.807, 2.05) is 86.6 Å². The fourth-order valence-corrected chi connectivity index (χ4v) is 9.16. The second-order valence-electron chi connectivity index (χ2n) is 18.1. The quantitative estimate of drug-likeness (QED) is 0.0963. The predicted octanol–water partition coefficient (Wildman–Crippen LogP) is 9.35. The lowest BCUT2D eigenvalue weighted by Crippen LogP contribution is -2.60. The number of rotatable bonds is 15. The maximum Gasteiger partial charge on any atom is 0.308 e.